The summed E-state index contributed by atoms with van der Waals surface area (Å²) < 4.78 is 0. The first kappa shape index (κ1) is 9.88. The number of allylic oxidation sites excluding steroid dienone is 2. The van der Waals surface area contributed by atoms with Gasteiger partial charge in [0.2, 0.25) is 0 Å². The summed E-state index contributed by atoms with van der Waals surface area (Å²) in [5.74, 6) is -0.787. The van der Waals surface area contributed by atoms with Crippen LogP contribution in [0.1, 0.15) is 25.7 Å². The van der Waals surface area contributed by atoms with Crippen molar-refractivity contribution in [3.8, 4) is 0 Å². The third kappa shape index (κ3) is 8.88. The van der Waals surface area contributed by atoms with Crippen LogP contribution in [0.2, 0.25) is 0 Å². The van der Waals surface area contributed by atoms with Crippen LogP contribution in [-0.2, 0) is 9.59 Å². The zero-order chi connectivity index (χ0) is 8.53. The number of carboxylic acids is 1. The Morgan fingerprint density at radius 3 is 2.36 bits per heavy atom. The highest BCUT2D eigenvalue weighted by Gasteiger charge is 1.90. The molecule has 0 aliphatic carbocycles. The first-order valence-corrected chi connectivity index (χ1v) is 3.58. The van der Waals surface area contributed by atoms with Gasteiger partial charge in [0, 0.05) is 12.8 Å². The Labute approximate surface area is 65.7 Å². The summed E-state index contributed by atoms with van der Waals surface area (Å²) in [6, 6.07) is 0. The summed E-state index contributed by atoms with van der Waals surface area (Å²) in [7, 11) is 0. The van der Waals surface area contributed by atoms with Crippen LogP contribution >= 0.6 is 0 Å². The first-order valence-electron chi connectivity index (χ1n) is 3.58. The predicted molar refractivity (Wildman–Crippen MR) is 41.3 cm³/mol. The van der Waals surface area contributed by atoms with Crippen LogP contribution in [0.15, 0.2) is 12.2 Å². The van der Waals surface area contributed by atoms with E-state index in [0.29, 0.717) is 19.3 Å². The fourth-order valence-electron chi connectivity index (χ4n) is 0.607. The minimum Gasteiger partial charge on any atom is -0.481 e. The van der Waals surface area contributed by atoms with Gasteiger partial charge < -0.3 is 9.90 Å². The molecule has 0 aliphatic rings. The number of rotatable bonds is 6. The molecule has 0 amide bonds. The van der Waals surface area contributed by atoms with Crippen LogP contribution in [0.3, 0.4) is 0 Å². The molecular weight excluding hydrogens is 144 g/mol. The molecule has 0 bridgehead atoms. The van der Waals surface area contributed by atoms with E-state index in [0.717, 1.165) is 6.29 Å². The standard InChI is InChI=1S/C8H12O3/c9-7-5-3-1-2-4-6-8(10)11/h1-2,7H,3-6H2,(H,10,11)/b2-1+. The predicted octanol–water partition coefficient (Wildman–Crippen LogP) is 1.39. The fraction of sp³-hybridized carbons (Fsp3) is 0.500. The molecule has 11 heavy (non-hydrogen) atoms. The maximum atomic E-state index is 10.00. The van der Waals surface area contributed by atoms with Crippen LogP contribution in [0, 0.1) is 0 Å². The van der Waals surface area contributed by atoms with E-state index in [2.05, 4.69) is 0 Å². The highest BCUT2D eigenvalue weighted by molar-refractivity contribution is 5.66. The quantitative estimate of drug-likeness (QED) is 0.359. The van der Waals surface area contributed by atoms with Gasteiger partial charge in [-0.2, -0.15) is 0 Å². The molecule has 3 heteroatoms. The van der Waals surface area contributed by atoms with Crippen LogP contribution in [-0.4, -0.2) is 17.4 Å². The van der Waals surface area contributed by atoms with Crippen LogP contribution in [0.5, 0.6) is 0 Å². The Hall–Kier alpha value is -1.12. The SMILES string of the molecule is O=CCC/C=C/CCC(=O)O. The lowest BCUT2D eigenvalue weighted by Crippen LogP contribution is -1.91. The van der Waals surface area contributed by atoms with E-state index in [1.807, 2.05) is 6.08 Å². The van der Waals surface area contributed by atoms with E-state index in [9.17, 15) is 9.59 Å². The zero-order valence-corrected chi connectivity index (χ0v) is 6.32. The lowest BCUT2D eigenvalue weighted by atomic mass is 10.2. The van der Waals surface area contributed by atoms with Crippen LogP contribution in [0.4, 0.5) is 0 Å². The average Bonchev–Trinajstić information content (AvgIpc) is 1.96. The second-order valence-electron chi connectivity index (χ2n) is 2.15. The lowest BCUT2D eigenvalue weighted by Gasteiger charge is -1.86. The van der Waals surface area contributed by atoms with Crippen molar-refractivity contribution in [1.82, 2.24) is 0 Å². The zero-order valence-electron chi connectivity index (χ0n) is 6.32. The van der Waals surface area contributed by atoms with Crippen LogP contribution < -0.4 is 0 Å². The Bertz CT molecular complexity index is 149. The summed E-state index contributed by atoms with van der Waals surface area (Å²) in [5, 5.41) is 8.23. The van der Waals surface area contributed by atoms with Crippen LogP contribution in [0.25, 0.3) is 0 Å². The third-order valence-electron chi connectivity index (χ3n) is 1.14. The minimum atomic E-state index is -0.787. The topological polar surface area (TPSA) is 54.4 Å². The van der Waals surface area contributed by atoms with E-state index in [1.54, 1.807) is 6.08 Å². The van der Waals surface area contributed by atoms with Gasteiger partial charge in [-0.05, 0) is 12.8 Å². The molecule has 0 aromatic heterocycles. The number of unbranched alkanes of at least 4 members (excludes halogenated alkanes) is 1. The minimum absolute atomic E-state index is 0.164. The maximum absolute atomic E-state index is 10.00. The summed E-state index contributed by atoms with van der Waals surface area (Å²) in [5.41, 5.74) is 0. The van der Waals surface area contributed by atoms with E-state index in [4.69, 9.17) is 5.11 Å². The van der Waals surface area contributed by atoms with Gasteiger partial charge >= 0.3 is 5.97 Å². The highest BCUT2D eigenvalue weighted by Crippen LogP contribution is 1.93. The molecule has 0 unspecified atom stereocenters. The number of carboxylic acid groups (broad SMARTS) is 1. The van der Waals surface area contributed by atoms with Crippen molar-refractivity contribution >= 4 is 12.3 Å². The van der Waals surface area contributed by atoms with Gasteiger partial charge in [-0.1, -0.05) is 12.2 Å². The summed E-state index contributed by atoms with van der Waals surface area (Å²) in [6.45, 7) is 0. The van der Waals surface area contributed by atoms with E-state index in [-0.39, 0.29) is 6.42 Å². The lowest BCUT2D eigenvalue weighted by molar-refractivity contribution is -0.136. The van der Waals surface area contributed by atoms with E-state index < -0.39 is 5.97 Å². The number of hydrogen-bond donors (Lipinski definition) is 1. The van der Waals surface area contributed by atoms with Crippen molar-refractivity contribution in [1.29, 1.82) is 0 Å². The number of aldehydes is 1. The molecule has 0 aromatic carbocycles. The molecule has 0 saturated carbocycles. The molecule has 62 valence electrons. The van der Waals surface area contributed by atoms with Gasteiger partial charge in [-0.3, -0.25) is 4.79 Å². The highest BCUT2D eigenvalue weighted by atomic mass is 16.4. The Morgan fingerprint density at radius 1 is 1.18 bits per heavy atom. The van der Waals surface area contributed by atoms with Crippen molar-refractivity contribution in [2.45, 2.75) is 25.7 Å². The second-order valence-corrected chi connectivity index (χ2v) is 2.15. The molecule has 1 N–H and O–H groups in total. The molecular formula is C8H12O3. The van der Waals surface area contributed by atoms with Gasteiger partial charge in [0.05, 0.1) is 0 Å². The normalized spacial score (nSPS) is 10.2. The number of aliphatic carboxylic acids is 1. The molecule has 0 aromatic rings. The molecule has 0 atom stereocenters. The Balaban J connectivity index is 3.16. The Kier molecular flexibility index (Phi) is 6.28. The average molecular weight is 156 g/mol. The smallest absolute Gasteiger partial charge is 0.303 e. The Morgan fingerprint density at radius 2 is 1.82 bits per heavy atom. The third-order valence-corrected chi connectivity index (χ3v) is 1.14. The van der Waals surface area contributed by atoms with Gasteiger partial charge in [0.25, 0.3) is 0 Å². The van der Waals surface area contributed by atoms with Crippen molar-refractivity contribution in [3.63, 3.8) is 0 Å². The van der Waals surface area contributed by atoms with E-state index >= 15 is 0 Å². The molecule has 0 spiro atoms. The summed E-state index contributed by atoms with van der Waals surface area (Å²) in [4.78, 5) is 19.8. The summed E-state index contributed by atoms with van der Waals surface area (Å²) in [6.07, 6.45) is 6.41. The van der Waals surface area contributed by atoms with Crippen molar-refractivity contribution in [2.75, 3.05) is 0 Å². The first-order chi connectivity index (χ1) is 5.27. The number of carbonyl (C=O) groups is 2. The number of carbonyl (C=O) groups excluding carboxylic acids is 1. The van der Waals surface area contributed by atoms with E-state index in [1.165, 1.54) is 0 Å². The van der Waals surface area contributed by atoms with Crippen molar-refractivity contribution in [2.24, 2.45) is 0 Å². The van der Waals surface area contributed by atoms with Crippen molar-refractivity contribution < 1.29 is 14.7 Å². The number of hydrogen-bond acceptors (Lipinski definition) is 2. The monoisotopic (exact) mass is 156 g/mol. The van der Waals surface area contributed by atoms with Gasteiger partial charge in [-0.25, -0.2) is 0 Å². The maximum Gasteiger partial charge on any atom is 0.303 e. The molecule has 3 nitrogen and oxygen atoms in total. The molecule has 0 heterocycles. The fourth-order valence-corrected chi connectivity index (χ4v) is 0.607. The molecule has 0 rings (SSSR count). The largest absolute Gasteiger partial charge is 0.481 e. The van der Waals surface area contributed by atoms with Gasteiger partial charge in [-0.15, -0.1) is 0 Å². The molecule has 0 fully saturated rings. The van der Waals surface area contributed by atoms with Gasteiger partial charge in [0.15, 0.2) is 0 Å². The molecule has 0 saturated heterocycles. The van der Waals surface area contributed by atoms with Gasteiger partial charge in [0.1, 0.15) is 6.29 Å². The van der Waals surface area contributed by atoms with Crippen molar-refractivity contribution in [3.05, 3.63) is 12.2 Å². The summed E-state index contributed by atoms with van der Waals surface area (Å²) >= 11 is 0. The molecule has 0 aliphatic heterocycles. The second kappa shape index (κ2) is 6.99. The molecule has 0 radical (unpaired) electrons.